The van der Waals surface area contributed by atoms with E-state index >= 15 is 0 Å². The second-order valence-electron chi connectivity index (χ2n) is 12.1. The van der Waals surface area contributed by atoms with Crippen LogP contribution in [-0.4, -0.2) is 89.5 Å². The number of nitrogens with two attached hydrogens (primary N) is 1. The number of hydrogen-bond acceptors (Lipinski definition) is 11. The standard InChI is InChI=1S/C29H44N4O10.C3H7NO/c1-15(2)26(33-24(36)12-30-17(5)6)27(37)31-13-23(35)32-20-8-7-18(14-41-29(40)16(3)4)9-21(20)42-25-11-19(34)10-22(43-25)28(38)39;1-2-3(4)5/h7-9,15-17,19,22,25-26,30,34H,10-14H2,1-6H3,(H,31,37)(H,32,35)(H,33,36)(H,38,39);2H2,1H3,(H2,4,5). The van der Waals surface area contributed by atoms with Crippen molar-refractivity contribution >= 4 is 41.3 Å². The molecule has 1 fully saturated rings. The summed E-state index contributed by atoms with van der Waals surface area (Å²) in [6.45, 7) is 12.0. The number of ether oxygens (including phenoxy) is 3. The number of aliphatic hydroxyl groups is 1. The molecule has 0 aliphatic carbocycles. The number of benzene rings is 1. The monoisotopic (exact) mass is 681 g/mol. The molecule has 8 N–H and O–H groups in total. The van der Waals surface area contributed by atoms with Crippen molar-refractivity contribution < 1.29 is 53.2 Å². The van der Waals surface area contributed by atoms with E-state index in [1.54, 1.807) is 40.7 Å². The molecule has 1 heterocycles. The van der Waals surface area contributed by atoms with Crippen LogP contribution in [0.1, 0.15) is 73.3 Å². The van der Waals surface area contributed by atoms with Crippen molar-refractivity contribution in [3.63, 3.8) is 0 Å². The molecule has 0 bridgehead atoms. The van der Waals surface area contributed by atoms with Gasteiger partial charge in [0.1, 0.15) is 18.4 Å². The molecule has 16 nitrogen and oxygen atoms in total. The summed E-state index contributed by atoms with van der Waals surface area (Å²) in [6.07, 6.45) is -3.09. The fourth-order valence-electron chi connectivity index (χ4n) is 3.94. The van der Waals surface area contributed by atoms with Gasteiger partial charge in [-0.25, -0.2) is 4.79 Å². The van der Waals surface area contributed by atoms with Crippen LogP contribution in [0.3, 0.4) is 0 Å². The summed E-state index contributed by atoms with van der Waals surface area (Å²) < 4.78 is 16.6. The molecule has 1 aromatic carbocycles. The van der Waals surface area contributed by atoms with E-state index in [4.69, 9.17) is 14.2 Å². The second kappa shape index (κ2) is 20.8. The lowest BCUT2D eigenvalue weighted by molar-refractivity contribution is -0.195. The number of primary amides is 1. The number of carbonyl (C=O) groups is 6. The number of rotatable bonds is 16. The molecule has 0 aromatic heterocycles. The number of aliphatic hydroxyl groups excluding tert-OH is 1. The number of hydrogen-bond donors (Lipinski definition) is 7. The number of esters is 1. The molecule has 16 heteroatoms. The molecule has 4 atom stereocenters. The fourth-order valence-corrected chi connectivity index (χ4v) is 3.94. The largest absolute Gasteiger partial charge is 0.479 e. The van der Waals surface area contributed by atoms with Gasteiger partial charge in [-0.3, -0.25) is 24.0 Å². The molecule has 0 spiro atoms. The molecule has 270 valence electrons. The van der Waals surface area contributed by atoms with E-state index < -0.39 is 54.8 Å². The number of anilines is 1. The van der Waals surface area contributed by atoms with Crippen molar-refractivity contribution in [2.45, 2.75) is 105 Å². The van der Waals surface area contributed by atoms with Crippen LogP contribution in [-0.2, 0) is 44.8 Å². The molecule has 2 rings (SSSR count). The molecule has 1 aliphatic heterocycles. The van der Waals surface area contributed by atoms with Gasteiger partial charge in [0.25, 0.3) is 0 Å². The van der Waals surface area contributed by atoms with E-state index in [1.807, 2.05) is 13.8 Å². The van der Waals surface area contributed by atoms with Crippen LogP contribution < -0.4 is 31.7 Å². The topological polar surface area (TPSA) is 245 Å². The molecule has 48 heavy (non-hydrogen) atoms. The minimum Gasteiger partial charge on any atom is -0.479 e. The third kappa shape index (κ3) is 16.0. The maximum Gasteiger partial charge on any atom is 0.333 e. The van der Waals surface area contributed by atoms with Gasteiger partial charge in [0.2, 0.25) is 29.9 Å². The van der Waals surface area contributed by atoms with E-state index in [2.05, 4.69) is 27.0 Å². The van der Waals surface area contributed by atoms with E-state index in [0.29, 0.717) is 12.0 Å². The van der Waals surface area contributed by atoms with Gasteiger partial charge < -0.3 is 51.4 Å². The summed E-state index contributed by atoms with van der Waals surface area (Å²) >= 11 is 0. The molecule has 4 unspecified atom stereocenters. The van der Waals surface area contributed by atoms with Crippen LogP contribution in [0, 0.1) is 11.8 Å². The van der Waals surface area contributed by atoms with Gasteiger partial charge in [0.05, 0.1) is 30.8 Å². The Hall–Kier alpha value is -4.28. The highest BCUT2D eigenvalue weighted by Crippen LogP contribution is 2.31. The lowest BCUT2D eigenvalue weighted by atomic mass is 10.0. The van der Waals surface area contributed by atoms with E-state index in [-0.39, 0.29) is 67.1 Å². The Morgan fingerprint density at radius 2 is 1.65 bits per heavy atom. The lowest BCUT2D eigenvalue weighted by Crippen LogP contribution is -2.52. The highest BCUT2D eigenvalue weighted by molar-refractivity contribution is 5.97. The first kappa shape index (κ1) is 41.7. The van der Waals surface area contributed by atoms with E-state index in [9.17, 15) is 39.0 Å². The molecule has 4 amide bonds. The molecule has 0 radical (unpaired) electrons. The van der Waals surface area contributed by atoms with Crippen molar-refractivity contribution in [1.29, 1.82) is 0 Å². The van der Waals surface area contributed by atoms with Gasteiger partial charge in [-0.2, -0.15) is 0 Å². The zero-order valence-corrected chi connectivity index (χ0v) is 28.7. The number of carbonyl (C=O) groups excluding carboxylic acids is 5. The second-order valence-corrected chi connectivity index (χ2v) is 12.1. The van der Waals surface area contributed by atoms with E-state index in [0.717, 1.165) is 0 Å². The van der Waals surface area contributed by atoms with Gasteiger partial charge >= 0.3 is 11.9 Å². The smallest absolute Gasteiger partial charge is 0.333 e. The average Bonchev–Trinajstić information content (AvgIpc) is 3.01. The number of carboxylic acids is 1. The zero-order valence-electron chi connectivity index (χ0n) is 28.7. The molecular formula is C32H51N5O11. The van der Waals surface area contributed by atoms with Gasteiger partial charge in [-0.05, 0) is 23.6 Å². The molecule has 0 saturated carbocycles. The molecule has 1 saturated heterocycles. The van der Waals surface area contributed by atoms with Gasteiger partial charge in [-0.1, -0.05) is 54.5 Å². The predicted octanol–water partition coefficient (Wildman–Crippen LogP) is 0.790. The summed E-state index contributed by atoms with van der Waals surface area (Å²) in [5, 5.41) is 30.3. The van der Waals surface area contributed by atoms with Crippen LogP contribution >= 0.6 is 0 Å². The maximum absolute atomic E-state index is 12.8. The minimum atomic E-state index is -1.28. The Labute approximate surface area is 280 Å². The maximum atomic E-state index is 12.8. The highest BCUT2D eigenvalue weighted by atomic mass is 16.7. The summed E-state index contributed by atoms with van der Waals surface area (Å²) in [4.78, 5) is 70.8. The quantitative estimate of drug-likeness (QED) is 0.120. The summed E-state index contributed by atoms with van der Waals surface area (Å²) in [6, 6.07) is 3.82. The van der Waals surface area contributed by atoms with Crippen LogP contribution in [0.25, 0.3) is 0 Å². The SMILES string of the molecule is CC(C)NCC(=O)NC(C(=O)NCC(=O)Nc1ccc(COC(=O)C(C)C)cc1OC1CC(O)CC(C(=O)O)O1)C(C)C.CCC(N)=O. The summed E-state index contributed by atoms with van der Waals surface area (Å²) in [7, 11) is 0. The molecule has 1 aliphatic rings. The Balaban J connectivity index is 0.00000213. The predicted molar refractivity (Wildman–Crippen MR) is 174 cm³/mol. The summed E-state index contributed by atoms with van der Waals surface area (Å²) in [5.41, 5.74) is 5.34. The van der Waals surface area contributed by atoms with Crippen LogP contribution in [0.4, 0.5) is 5.69 Å². The van der Waals surface area contributed by atoms with Crippen molar-refractivity contribution in [3.8, 4) is 5.75 Å². The third-order valence-corrected chi connectivity index (χ3v) is 6.68. The Morgan fingerprint density at radius 3 is 2.19 bits per heavy atom. The van der Waals surface area contributed by atoms with Crippen molar-refractivity contribution in [2.75, 3.05) is 18.4 Å². The first-order valence-electron chi connectivity index (χ1n) is 15.8. The molecular weight excluding hydrogens is 630 g/mol. The number of nitrogens with one attached hydrogen (secondary N) is 4. The first-order chi connectivity index (χ1) is 22.4. The van der Waals surface area contributed by atoms with Crippen molar-refractivity contribution in [2.24, 2.45) is 17.6 Å². The number of aliphatic carboxylic acids is 1. The summed E-state index contributed by atoms with van der Waals surface area (Å²) in [5.74, 6) is -3.92. The van der Waals surface area contributed by atoms with Crippen LogP contribution in [0.15, 0.2) is 18.2 Å². The average molecular weight is 682 g/mol. The van der Waals surface area contributed by atoms with Crippen LogP contribution in [0.2, 0.25) is 0 Å². The van der Waals surface area contributed by atoms with Gasteiger partial charge in [0, 0.05) is 25.3 Å². The zero-order chi connectivity index (χ0) is 36.6. The number of amides is 4. The highest BCUT2D eigenvalue weighted by Gasteiger charge is 2.34. The molecule has 1 aromatic rings. The van der Waals surface area contributed by atoms with Gasteiger partial charge in [0.15, 0.2) is 6.10 Å². The normalized spacial score (nSPS) is 17.9. The Bertz CT molecular complexity index is 1250. The lowest BCUT2D eigenvalue weighted by Gasteiger charge is -2.31. The Kier molecular flexibility index (Phi) is 18.1. The van der Waals surface area contributed by atoms with Crippen molar-refractivity contribution in [1.82, 2.24) is 16.0 Å². The third-order valence-electron chi connectivity index (χ3n) is 6.68. The number of carboxylic acid groups (broad SMARTS) is 1. The minimum absolute atomic E-state index is 0.0191. The fraction of sp³-hybridized carbons (Fsp3) is 0.625. The Morgan fingerprint density at radius 1 is 1.00 bits per heavy atom. The van der Waals surface area contributed by atoms with E-state index in [1.165, 1.54) is 12.1 Å². The van der Waals surface area contributed by atoms with Crippen molar-refractivity contribution in [3.05, 3.63) is 23.8 Å². The van der Waals surface area contributed by atoms with Crippen LogP contribution in [0.5, 0.6) is 5.75 Å². The first-order valence-corrected chi connectivity index (χ1v) is 15.8. The van der Waals surface area contributed by atoms with Gasteiger partial charge in [-0.15, -0.1) is 0 Å².